The molecular formula is C31H35FN2O5. The van der Waals surface area contributed by atoms with Crippen molar-refractivity contribution < 1.29 is 28.2 Å². The lowest BCUT2D eigenvalue weighted by Gasteiger charge is -2.32. The van der Waals surface area contributed by atoms with Crippen molar-refractivity contribution in [2.75, 3.05) is 27.4 Å². The third kappa shape index (κ3) is 7.80. The highest BCUT2D eigenvalue weighted by Gasteiger charge is 2.31. The largest absolute Gasteiger partial charge is 0.493 e. The minimum absolute atomic E-state index is 0.0284. The number of carbonyl (C=O) groups excluding carboxylic acids is 2. The van der Waals surface area contributed by atoms with E-state index in [-0.39, 0.29) is 36.7 Å². The molecule has 206 valence electrons. The lowest BCUT2D eigenvalue weighted by Crippen LogP contribution is -2.52. The molecule has 4 rings (SSSR count). The van der Waals surface area contributed by atoms with Gasteiger partial charge in [0.15, 0.2) is 11.5 Å². The average molecular weight is 535 g/mol. The standard InChI is InChI=1S/C31H35FN2O5/c1-37-28-15-12-24(18-29(28)38-2)19-30(35)34(21-23-10-13-25(32)14-11-23)27(17-22-7-4-3-5-8-22)31(36)33-20-26-9-6-16-39-26/h3-5,7-8,10-15,18,26-27H,6,9,16-17,19-21H2,1-2H3,(H,33,36)/t26-,27-/m0/s1. The van der Waals surface area contributed by atoms with Gasteiger partial charge in [-0.05, 0) is 53.8 Å². The van der Waals surface area contributed by atoms with E-state index < -0.39 is 6.04 Å². The predicted octanol–water partition coefficient (Wildman–Crippen LogP) is 4.32. The summed E-state index contributed by atoms with van der Waals surface area (Å²) in [4.78, 5) is 29.2. The first-order valence-electron chi connectivity index (χ1n) is 13.1. The minimum atomic E-state index is -0.786. The first-order valence-corrected chi connectivity index (χ1v) is 13.1. The first-order chi connectivity index (χ1) is 19.0. The number of hydrogen-bond donors (Lipinski definition) is 1. The van der Waals surface area contributed by atoms with Crippen molar-refractivity contribution in [2.24, 2.45) is 0 Å². The Balaban J connectivity index is 1.63. The van der Waals surface area contributed by atoms with Gasteiger partial charge in [-0.1, -0.05) is 48.5 Å². The summed E-state index contributed by atoms with van der Waals surface area (Å²) in [7, 11) is 3.09. The Bertz CT molecular complexity index is 1230. The van der Waals surface area contributed by atoms with Crippen LogP contribution in [0.25, 0.3) is 0 Å². The van der Waals surface area contributed by atoms with Gasteiger partial charge < -0.3 is 24.4 Å². The summed E-state index contributed by atoms with van der Waals surface area (Å²) < 4.78 is 30.1. The molecule has 7 nitrogen and oxygen atoms in total. The molecular weight excluding hydrogens is 499 g/mol. The van der Waals surface area contributed by atoms with Crippen LogP contribution >= 0.6 is 0 Å². The highest BCUT2D eigenvalue weighted by atomic mass is 19.1. The van der Waals surface area contributed by atoms with E-state index in [0.717, 1.165) is 29.5 Å². The monoisotopic (exact) mass is 534 g/mol. The zero-order chi connectivity index (χ0) is 27.6. The van der Waals surface area contributed by atoms with Crippen molar-refractivity contribution in [1.82, 2.24) is 10.2 Å². The van der Waals surface area contributed by atoms with E-state index in [2.05, 4.69) is 5.32 Å². The maximum atomic E-state index is 13.9. The molecule has 0 spiro atoms. The molecule has 2 atom stereocenters. The molecule has 0 aliphatic carbocycles. The van der Waals surface area contributed by atoms with Crippen LogP contribution < -0.4 is 14.8 Å². The summed E-state index contributed by atoms with van der Waals surface area (Å²) in [5.74, 6) is 0.226. The van der Waals surface area contributed by atoms with Gasteiger partial charge in [0, 0.05) is 26.1 Å². The van der Waals surface area contributed by atoms with Gasteiger partial charge in [-0.25, -0.2) is 4.39 Å². The summed E-state index contributed by atoms with van der Waals surface area (Å²) >= 11 is 0. The van der Waals surface area contributed by atoms with Crippen LogP contribution in [-0.2, 0) is 33.7 Å². The van der Waals surface area contributed by atoms with E-state index in [1.54, 1.807) is 49.5 Å². The predicted molar refractivity (Wildman–Crippen MR) is 146 cm³/mol. The van der Waals surface area contributed by atoms with Gasteiger partial charge in [0.05, 0.1) is 26.7 Å². The van der Waals surface area contributed by atoms with Gasteiger partial charge >= 0.3 is 0 Å². The van der Waals surface area contributed by atoms with Crippen molar-refractivity contribution >= 4 is 11.8 Å². The van der Waals surface area contributed by atoms with E-state index in [0.29, 0.717) is 31.1 Å². The lowest BCUT2D eigenvalue weighted by atomic mass is 10.0. The molecule has 0 bridgehead atoms. The molecule has 1 aliphatic rings. The van der Waals surface area contributed by atoms with Gasteiger partial charge in [0.25, 0.3) is 0 Å². The highest BCUT2D eigenvalue weighted by molar-refractivity contribution is 5.89. The maximum Gasteiger partial charge on any atom is 0.243 e. The van der Waals surface area contributed by atoms with E-state index in [1.807, 2.05) is 30.3 Å². The Morgan fingerprint density at radius 1 is 0.974 bits per heavy atom. The number of amides is 2. The van der Waals surface area contributed by atoms with Gasteiger partial charge in [-0.3, -0.25) is 9.59 Å². The summed E-state index contributed by atoms with van der Waals surface area (Å²) in [6.45, 7) is 1.23. The van der Waals surface area contributed by atoms with Crippen molar-refractivity contribution in [2.45, 2.75) is 44.4 Å². The number of hydrogen-bond acceptors (Lipinski definition) is 5. The van der Waals surface area contributed by atoms with E-state index in [1.165, 1.54) is 12.1 Å². The third-order valence-corrected chi connectivity index (χ3v) is 6.87. The number of carbonyl (C=O) groups is 2. The Morgan fingerprint density at radius 3 is 2.36 bits per heavy atom. The van der Waals surface area contributed by atoms with Crippen LogP contribution in [0.1, 0.15) is 29.5 Å². The maximum absolute atomic E-state index is 13.9. The zero-order valence-electron chi connectivity index (χ0n) is 22.4. The van der Waals surface area contributed by atoms with E-state index >= 15 is 0 Å². The smallest absolute Gasteiger partial charge is 0.243 e. The van der Waals surface area contributed by atoms with Crippen molar-refractivity contribution in [1.29, 1.82) is 0 Å². The third-order valence-electron chi connectivity index (χ3n) is 6.87. The second kappa shape index (κ2) is 13.8. The second-order valence-electron chi connectivity index (χ2n) is 9.60. The van der Waals surface area contributed by atoms with Crippen LogP contribution in [0, 0.1) is 5.82 Å². The number of benzene rings is 3. The second-order valence-corrected chi connectivity index (χ2v) is 9.60. The Morgan fingerprint density at radius 2 is 1.69 bits per heavy atom. The minimum Gasteiger partial charge on any atom is -0.493 e. The molecule has 0 aromatic heterocycles. The number of ether oxygens (including phenoxy) is 3. The molecule has 0 unspecified atom stereocenters. The molecule has 1 heterocycles. The Kier molecular flexibility index (Phi) is 9.91. The fraction of sp³-hybridized carbons (Fsp3) is 0.355. The van der Waals surface area contributed by atoms with Crippen LogP contribution in [0.4, 0.5) is 4.39 Å². The quantitative estimate of drug-likeness (QED) is 0.375. The van der Waals surface area contributed by atoms with E-state index in [4.69, 9.17) is 14.2 Å². The molecule has 1 aliphatic heterocycles. The van der Waals surface area contributed by atoms with Crippen LogP contribution in [-0.4, -0.2) is 56.2 Å². The number of nitrogens with one attached hydrogen (secondary N) is 1. The number of halogens is 1. The van der Waals surface area contributed by atoms with Crippen molar-refractivity contribution in [3.05, 3.63) is 95.3 Å². The van der Waals surface area contributed by atoms with Crippen LogP contribution in [0.15, 0.2) is 72.8 Å². The first kappa shape index (κ1) is 28.1. The van der Waals surface area contributed by atoms with Crippen LogP contribution in [0.5, 0.6) is 11.5 Å². The van der Waals surface area contributed by atoms with Gasteiger partial charge in [-0.2, -0.15) is 0 Å². The van der Waals surface area contributed by atoms with Gasteiger partial charge in [0.2, 0.25) is 11.8 Å². The van der Waals surface area contributed by atoms with Crippen molar-refractivity contribution in [3.8, 4) is 11.5 Å². The Hall–Kier alpha value is -3.91. The number of nitrogens with zero attached hydrogens (tertiary/aromatic N) is 1. The highest BCUT2D eigenvalue weighted by Crippen LogP contribution is 2.28. The lowest BCUT2D eigenvalue weighted by molar-refractivity contribution is -0.141. The molecule has 0 saturated carbocycles. The summed E-state index contributed by atoms with van der Waals surface area (Å²) in [6, 6.07) is 20.1. The normalized spacial score (nSPS) is 15.4. The topological polar surface area (TPSA) is 77.1 Å². The molecule has 1 fully saturated rings. The molecule has 1 saturated heterocycles. The van der Waals surface area contributed by atoms with Gasteiger partial charge in [-0.15, -0.1) is 0 Å². The molecule has 3 aromatic rings. The SMILES string of the molecule is COc1ccc(CC(=O)N(Cc2ccc(F)cc2)[C@@H](Cc2ccccc2)C(=O)NC[C@@H]2CCCO2)cc1OC. The zero-order valence-corrected chi connectivity index (χ0v) is 22.4. The summed E-state index contributed by atoms with van der Waals surface area (Å²) in [6.07, 6.45) is 2.21. The molecule has 8 heteroatoms. The average Bonchev–Trinajstić information content (AvgIpc) is 3.49. The molecule has 39 heavy (non-hydrogen) atoms. The summed E-state index contributed by atoms with van der Waals surface area (Å²) in [5.41, 5.74) is 2.37. The fourth-order valence-corrected chi connectivity index (χ4v) is 4.74. The Labute approximate surface area is 228 Å². The molecule has 3 aromatic carbocycles. The molecule has 1 N–H and O–H groups in total. The van der Waals surface area contributed by atoms with Gasteiger partial charge in [0.1, 0.15) is 11.9 Å². The number of rotatable bonds is 12. The van der Waals surface area contributed by atoms with E-state index in [9.17, 15) is 14.0 Å². The fourth-order valence-electron chi connectivity index (χ4n) is 4.74. The van der Waals surface area contributed by atoms with Crippen LogP contribution in [0.2, 0.25) is 0 Å². The number of methoxy groups -OCH3 is 2. The van der Waals surface area contributed by atoms with Crippen molar-refractivity contribution in [3.63, 3.8) is 0 Å². The molecule has 0 radical (unpaired) electrons. The summed E-state index contributed by atoms with van der Waals surface area (Å²) in [5, 5.41) is 3.02. The molecule has 2 amide bonds. The van der Waals surface area contributed by atoms with Crippen LogP contribution in [0.3, 0.4) is 0 Å².